The number of ether oxygens (including phenoxy) is 1. The van der Waals surface area contributed by atoms with E-state index in [1.807, 2.05) is 31.2 Å². The van der Waals surface area contributed by atoms with E-state index in [4.69, 9.17) is 9.26 Å². The highest BCUT2D eigenvalue weighted by molar-refractivity contribution is 5.31. The van der Waals surface area contributed by atoms with Gasteiger partial charge in [-0.15, -0.1) is 0 Å². The Morgan fingerprint density at radius 1 is 1.36 bits per heavy atom. The number of aliphatic hydroxyl groups is 1. The first-order chi connectivity index (χ1) is 12.0. The van der Waals surface area contributed by atoms with Crippen molar-refractivity contribution in [1.82, 2.24) is 15.0 Å². The summed E-state index contributed by atoms with van der Waals surface area (Å²) < 4.78 is 10.9. The molecule has 0 amide bonds. The Bertz CT molecular complexity index is 681. The van der Waals surface area contributed by atoms with Crippen molar-refractivity contribution < 1.29 is 14.4 Å². The largest absolute Gasteiger partial charge is 0.484 e. The summed E-state index contributed by atoms with van der Waals surface area (Å²) in [4.78, 5) is 6.51. The van der Waals surface area contributed by atoms with Crippen LogP contribution in [0.1, 0.15) is 50.4 Å². The molecule has 2 heterocycles. The summed E-state index contributed by atoms with van der Waals surface area (Å²) in [5.41, 5.74) is 0.0346. The molecule has 1 aliphatic heterocycles. The molecule has 1 aliphatic rings. The fourth-order valence-corrected chi connectivity index (χ4v) is 3.52. The maximum absolute atomic E-state index is 11.0. The van der Waals surface area contributed by atoms with Crippen LogP contribution >= 0.6 is 0 Å². The fourth-order valence-electron chi connectivity index (χ4n) is 3.52. The molecular formula is C19H27N3O3. The van der Waals surface area contributed by atoms with Gasteiger partial charge in [0, 0.05) is 12.5 Å². The molecule has 0 radical (unpaired) electrons. The van der Waals surface area contributed by atoms with Crippen molar-refractivity contribution >= 4 is 0 Å². The second-order valence-electron chi connectivity index (χ2n) is 6.95. The van der Waals surface area contributed by atoms with Crippen molar-refractivity contribution in [2.24, 2.45) is 0 Å². The van der Waals surface area contributed by atoms with Crippen LogP contribution in [0.4, 0.5) is 0 Å². The number of benzene rings is 1. The maximum Gasteiger partial charge on any atom is 0.264 e. The van der Waals surface area contributed by atoms with Crippen LogP contribution in [-0.4, -0.2) is 39.8 Å². The van der Waals surface area contributed by atoms with Gasteiger partial charge in [-0.25, -0.2) is 0 Å². The predicted molar refractivity (Wildman–Crippen MR) is 94.3 cm³/mol. The van der Waals surface area contributed by atoms with Crippen molar-refractivity contribution in [3.05, 3.63) is 41.5 Å². The molecule has 1 aromatic carbocycles. The first kappa shape index (κ1) is 17.9. The Morgan fingerprint density at radius 2 is 2.12 bits per heavy atom. The lowest BCUT2D eigenvalue weighted by Gasteiger charge is -2.35. The van der Waals surface area contributed by atoms with E-state index in [9.17, 15) is 5.11 Å². The number of nitrogens with zero attached hydrogens (tertiary/aromatic N) is 3. The van der Waals surface area contributed by atoms with Crippen LogP contribution < -0.4 is 4.74 Å². The van der Waals surface area contributed by atoms with Gasteiger partial charge in [-0.2, -0.15) is 4.98 Å². The molecule has 2 atom stereocenters. The maximum atomic E-state index is 11.0. The quantitative estimate of drug-likeness (QED) is 0.832. The number of likely N-dealkylation sites (tertiary alicyclic amines) is 1. The van der Waals surface area contributed by atoms with Crippen LogP contribution in [0.5, 0.6) is 5.75 Å². The normalized spacial score (nSPS) is 20.6. The molecule has 0 aliphatic carbocycles. The summed E-state index contributed by atoms with van der Waals surface area (Å²) in [6.07, 6.45) is 3.93. The number of hydrogen-bond donors (Lipinski definition) is 1. The van der Waals surface area contributed by atoms with Crippen molar-refractivity contribution in [3.63, 3.8) is 0 Å². The minimum Gasteiger partial charge on any atom is -0.484 e. The highest BCUT2D eigenvalue weighted by Gasteiger charge is 2.38. The third kappa shape index (κ3) is 4.02. The molecule has 0 spiro atoms. The Kier molecular flexibility index (Phi) is 5.39. The average Bonchev–Trinajstić information content (AvgIpc) is 3.23. The topological polar surface area (TPSA) is 71.6 Å². The Labute approximate surface area is 148 Å². The van der Waals surface area contributed by atoms with Crippen molar-refractivity contribution in [3.8, 4) is 5.75 Å². The van der Waals surface area contributed by atoms with Gasteiger partial charge in [0.2, 0.25) is 0 Å². The zero-order valence-electron chi connectivity index (χ0n) is 15.2. The minimum atomic E-state index is -0.870. The standard InChI is InChI=1S/C19H27N3O3/c1-4-6-17-20-18(25-21-17)13-24-15-10-8-14(9-11-15)19(2,23)16-7-5-12-22(16)3/h8-11,16,23H,4-7,12-13H2,1-3H3/t16-,19?/m1/s1. The Hall–Kier alpha value is -1.92. The molecule has 1 aromatic heterocycles. The minimum absolute atomic E-state index is 0.148. The van der Waals surface area contributed by atoms with E-state index >= 15 is 0 Å². The van der Waals surface area contributed by atoms with Gasteiger partial charge in [-0.05, 0) is 57.5 Å². The van der Waals surface area contributed by atoms with Gasteiger partial charge >= 0.3 is 0 Å². The van der Waals surface area contributed by atoms with Crippen LogP contribution in [0.25, 0.3) is 0 Å². The molecule has 1 unspecified atom stereocenters. The predicted octanol–water partition coefficient (Wildman–Crippen LogP) is 2.90. The second-order valence-corrected chi connectivity index (χ2v) is 6.95. The number of likely N-dealkylation sites (N-methyl/N-ethyl adjacent to an activating group) is 1. The molecule has 1 fully saturated rings. The Balaban J connectivity index is 1.61. The van der Waals surface area contributed by atoms with Gasteiger partial charge in [0.1, 0.15) is 11.4 Å². The third-order valence-electron chi connectivity index (χ3n) is 4.95. The number of aromatic nitrogens is 2. The fraction of sp³-hybridized carbons (Fsp3) is 0.579. The number of hydrogen-bond acceptors (Lipinski definition) is 6. The molecule has 6 nitrogen and oxygen atoms in total. The van der Waals surface area contributed by atoms with E-state index in [1.165, 1.54) is 0 Å². The summed E-state index contributed by atoms with van der Waals surface area (Å²) in [6.45, 7) is 5.25. The van der Waals surface area contributed by atoms with Gasteiger partial charge in [0.15, 0.2) is 12.4 Å². The molecule has 0 saturated carbocycles. The number of rotatable bonds is 7. The van der Waals surface area contributed by atoms with E-state index in [0.29, 0.717) is 11.7 Å². The van der Waals surface area contributed by atoms with Crippen LogP contribution in [0.2, 0.25) is 0 Å². The molecule has 1 N–H and O–H groups in total. The van der Waals surface area contributed by atoms with Gasteiger partial charge in [-0.1, -0.05) is 24.2 Å². The molecular weight excluding hydrogens is 318 g/mol. The van der Waals surface area contributed by atoms with E-state index in [-0.39, 0.29) is 12.6 Å². The summed E-state index contributed by atoms with van der Waals surface area (Å²) in [5.74, 6) is 1.91. The van der Waals surface area contributed by atoms with E-state index in [2.05, 4.69) is 29.0 Å². The van der Waals surface area contributed by atoms with Gasteiger partial charge in [-0.3, -0.25) is 0 Å². The summed E-state index contributed by atoms with van der Waals surface area (Å²) in [5, 5.41) is 14.9. The lowest BCUT2D eigenvalue weighted by atomic mass is 9.87. The highest BCUT2D eigenvalue weighted by Crippen LogP contribution is 2.34. The van der Waals surface area contributed by atoms with Crippen LogP contribution in [0.15, 0.2) is 28.8 Å². The molecule has 2 aromatic rings. The number of aryl methyl sites for hydroxylation is 1. The second kappa shape index (κ2) is 7.54. The molecule has 1 saturated heterocycles. The van der Waals surface area contributed by atoms with Gasteiger partial charge in [0.25, 0.3) is 5.89 Å². The molecule has 25 heavy (non-hydrogen) atoms. The summed E-state index contributed by atoms with van der Waals surface area (Å²) in [6, 6.07) is 7.76. The lowest BCUT2D eigenvalue weighted by Crippen LogP contribution is -2.43. The van der Waals surface area contributed by atoms with Gasteiger partial charge in [0.05, 0.1) is 0 Å². The third-order valence-corrected chi connectivity index (χ3v) is 4.95. The smallest absolute Gasteiger partial charge is 0.264 e. The zero-order valence-corrected chi connectivity index (χ0v) is 15.2. The van der Waals surface area contributed by atoms with Crippen molar-refractivity contribution in [1.29, 1.82) is 0 Å². The van der Waals surface area contributed by atoms with Crippen LogP contribution in [0.3, 0.4) is 0 Å². The molecule has 6 heteroatoms. The first-order valence-corrected chi connectivity index (χ1v) is 8.98. The van der Waals surface area contributed by atoms with Crippen LogP contribution in [-0.2, 0) is 18.6 Å². The molecule has 0 bridgehead atoms. The first-order valence-electron chi connectivity index (χ1n) is 8.98. The van der Waals surface area contributed by atoms with E-state index in [0.717, 1.165) is 43.5 Å². The van der Waals surface area contributed by atoms with Crippen molar-refractivity contribution in [2.45, 2.75) is 57.8 Å². The van der Waals surface area contributed by atoms with E-state index < -0.39 is 5.60 Å². The van der Waals surface area contributed by atoms with Crippen LogP contribution in [0, 0.1) is 0 Å². The summed E-state index contributed by atoms with van der Waals surface area (Å²) >= 11 is 0. The lowest BCUT2D eigenvalue weighted by molar-refractivity contribution is -0.0153. The van der Waals surface area contributed by atoms with Gasteiger partial charge < -0.3 is 19.3 Å². The monoisotopic (exact) mass is 345 g/mol. The average molecular weight is 345 g/mol. The highest BCUT2D eigenvalue weighted by atomic mass is 16.5. The van der Waals surface area contributed by atoms with E-state index in [1.54, 1.807) is 0 Å². The summed E-state index contributed by atoms with van der Waals surface area (Å²) in [7, 11) is 2.07. The molecule has 136 valence electrons. The SMILES string of the molecule is CCCc1noc(COc2ccc(C(C)(O)[C@H]3CCCN3C)cc2)n1. The van der Waals surface area contributed by atoms with Crippen molar-refractivity contribution in [2.75, 3.05) is 13.6 Å². The zero-order chi connectivity index (χ0) is 17.9. The Morgan fingerprint density at radius 3 is 2.76 bits per heavy atom. The molecule has 3 rings (SSSR count).